The summed E-state index contributed by atoms with van der Waals surface area (Å²) in [6.07, 6.45) is 0. The highest BCUT2D eigenvalue weighted by Gasteiger charge is 2.15. The number of ether oxygens (including phenoxy) is 2. The highest BCUT2D eigenvalue weighted by atomic mass is 32.2. The molecule has 0 radical (unpaired) electrons. The Bertz CT molecular complexity index is 638. The fraction of sp³-hybridized carbons (Fsp3) is 0.286. The number of hydrogen-bond donors (Lipinski definition) is 1. The normalized spacial score (nSPS) is 15.1. The van der Waals surface area contributed by atoms with E-state index in [1.807, 2.05) is 0 Å². The fourth-order valence-corrected chi connectivity index (χ4v) is 3.03. The van der Waals surface area contributed by atoms with Crippen molar-refractivity contribution in [2.75, 3.05) is 13.2 Å². The molecule has 1 unspecified atom stereocenters. The number of fused-ring (bicyclic) bond motifs is 1. The van der Waals surface area contributed by atoms with Crippen LogP contribution >= 0.6 is 0 Å². The minimum Gasteiger partial charge on any atom is -0.486 e. The zero-order chi connectivity index (χ0) is 13.9. The van der Waals surface area contributed by atoms with Crippen LogP contribution in [-0.2, 0) is 23.1 Å². The molecule has 0 amide bonds. The Morgan fingerprint density at radius 3 is 2.55 bits per heavy atom. The second-order valence-corrected chi connectivity index (χ2v) is 5.82. The zero-order valence-electron chi connectivity index (χ0n) is 10.8. The van der Waals surface area contributed by atoms with Crippen LogP contribution in [0, 0.1) is 0 Å². The summed E-state index contributed by atoms with van der Waals surface area (Å²) < 4.78 is 28.7. The Kier molecular flexibility index (Phi) is 3.75. The van der Waals surface area contributed by atoms with Gasteiger partial charge in [0.1, 0.15) is 24.7 Å². The molecule has 0 spiro atoms. The summed E-state index contributed by atoms with van der Waals surface area (Å²) in [5.41, 5.74) is 5.48. The van der Waals surface area contributed by atoms with Crippen LogP contribution in [0.3, 0.4) is 0 Å². The summed E-state index contributed by atoms with van der Waals surface area (Å²) in [5, 5.41) is 0. The van der Waals surface area contributed by atoms with Gasteiger partial charge in [-0.1, -0.05) is 0 Å². The highest BCUT2D eigenvalue weighted by Crippen LogP contribution is 2.32. The number of furan rings is 1. The predicted octanol–water partition coefficient (Wildman–Crippen LogP) is 1.82. The lowest BCUT2D eigenvalue weighted by Gasteiger charge is -2.18. The Labute approximate surface area is 119 Å². The summed E-state index contributed by atoms with van der Waals surface area (Å²) in [6.45, 7) is 1.40. The van der Waals surface area contributed by atoms with Crippen molar-refractivity contribution in [1.82, 2.24) is 0 Å². The van der Waals surface area contributed by atoms with E-state index < -0.39 is 10.8 Å². The molecule has 3 rings (SSSR count). The molecule has 0 bridgehead atoms. The van der Waals surface area contributed by atoms with E-state index >= 15 is 0 Å². The summed E-state index contributed by atoms with van der Waals surface area (Å²) in [5.74, 6) is 3.02. The van der Waals surface area contributed by atoms with E-state index in [-0.39, 0.29) is 0 Å². The van der Waals surface area contributed by atoms with Crippen LogP contribution in [0.1, 0.15) is 11.5 Å². The van der Waals surface area contributed by atoms with Crippen molar-refractivity contribution in [2.24, 2.45) is 5.73 Å². The minimum absolute atomic E-state index is 0.319. The molecule has 106 valence electrons. The van der Waals surface area contributed by atoms with Gasteiger partial charge in [-0.05, 0) is 24.3 Å². The van der Waals surface area contributed by atoms with Gasteiger partial charge in [-0.2, -0.15) is 0 Å². The van der Waals surface area contributed by atoms with E-state index in [1.165, 1.54) is 0 Å². The molecule has 2 heterocycles. The molecule has 2 aromatic rings. The van der Waals surface area contributed by atoms with Crippen LogP contribution in [0.5, 0.6) is 11.5 Å². The minimum atomic E-state index is -1.19. The van der Waals surface area contributed by atoms with Crippen LogP contribution in [0.25, 0.3) is 0 Å². The van der Waals surface area contributed by atoms with Gasteiger partial charge >= 0.3 is 0 Å². The summed E-state index contributed by atoms with van der Waals surface area (Å²) >= 11 is 0. The third-order valence-electron chi connectivity index (χ3n) is 2.97. The van der Waals surface area contributed by atoms with Crippen LogP contribution in [-0.4, -0.2) is 17.4 Å². The van der Waals surface area contributed by atoms with Gasteiger partial charge in [-0.3, -0.25) is 4.21 Å². The maximum atomic E-state index is 12.3. The first-order valence-corrected chi connectivity index (χ1v) is 7.64. The third kappa shape index (κ3) is 2.71. The SMILES string of the molecule is NCc1ccc(CS(=O)c2ccc3c(c2)OCCO3)o1. The first-order valence-electron chi connectivity index (χ1n) is 6.32. The second kappa shape index (κ2) is 5.68. The molecular formula is C14H15NO4S. The smallest absolute Gasteiger partial charge is 0.162 e. The third-order valence-corrected chi connectivity index (χ3v) is 4.29. The van der Waals surface area contributed by atoms with Gasteiger partial charge in [0.25, 0.3) is 0 Å². The Balaban J connectivity index is 1.76. The van der Waals surface area contributed by atoms with Gasteiger partial charge in [0.2, 0.25) is 0 Å². The molecule has 6 heteroatoms. The molecule has 1 atom stereocenters. The van der Waals surface area contributed by atoms with Gasteiger partial charge in [-0.15, -0.1) is 0 Å². The van der Waals surface area contributed by atoms with E-state index in [1.54, 1.807) is 30.3 Å². The number of rotatable bonds is 4. The maximum absolute atomic E-state index is 12.3. The second-order valence-electron chi connectivity index (χ2n) is 4.37. The molecule has 1 aliphatic heterocycles. The lowest BCUT2D eigenvalue weighted by atomic mass is 10.3. The van der Waals surface area contributed by atoms with Crippen molar-refractivity contribution in [3.63, 3.8) is 0 Å². The Morgan fingerprint density at radius 1 is 1.05 bits per heavy atom. The zero-order valence-corrected chi connectivity index (χ0v) is 11.7. The molecule has 1 aliphatic rings. The molecule has 1 aromatic heterocycles. The average Bonchev–Trinajstić information content (AvgIpc) is 2.94. The van der Waals surface area contributed by atoms with Crippen LogP contribution in [0.4, 0.5) is 0 Å². The predicted molar refractivity (Wildman–Crippen MR) is 74.1 cm³/mol. The Hall–Kier alpha value is -1.79. The van der Waals surface area contributed by atoms with Crippen molar-refractivity contribution in [1.29, 1.82) is 0 Å². The van der Waals surface area contributed by atoms with E-state index in [0.29, 0.717) is 53.4 Å². The van der Waals surface area contributed by atoms with Gasteiger partial charge in [-0.25, -0.2) is 0 Å². The average molecular weight is 293 g/mol. The molecule has 0 saturated heterocycles. The topological polar surface area (TPSA) is 74.7 Å². The number of benzene rings is 1. The highest BCUT2D eigenvalue weighted by molar-refractivity contribution is 7.84. The number of nitrogens with two attached hydrogens (primary N) is 1. The van der Waals surface area contributed by atoms with Crippen molar-refractivity contribution < 1.29 is 18.1 Å². The van der Waals surface area contributed by atoms with Crippen molar-refractivity contribution in [2.45, 2.75) is 17.2 Å². The first kappa shape index (κ1) is 13.2. The Morgan fingerprint density at radius 2 is 1.80 bits per heavy atom. The summed E-state index contributed by atoms with van der Waals surface area (Å²) in [6, 6.07) is 8.94. The summed E-state index contributed by atoms with van der Waals surface area (Å²) in [7, 11) is -1.19. The number of hydrogen-bond acceptors (Lipinski definition) is 5. The molecule has 5 nitrogen and oxygen atoms in total. The van der Waals surface area contributed by atoms with Crippen molar-refractivity contribution in [3.8, 4) is 11.5 Å². The van der Waals surface area contributed by atoms with Crippen LogP contribution in [0.15, 0.2) is 39.6 Å². The molecule has 0 saturated carbocycles. The van der Waals surface area contributed by atoms with Crippen molar-refractivity contribution >= 4 is 10.8 Å². The van der Waals surface area contributed by atoms with Crippen molar-refractivity contribution in [3.05, 3.63) is 41.9 Å². The molecule has 1 aromatic carbocycles. The maximum Gasteiger partial charge on any atom is 0.162 e. The quantitative estimate of drug-likeness (QED) is 0.930. The van der Waals surface area contributed by atoms with Gasteiger partial charge in [0, 0.05) is 11.0 Å². The molecule has 0 fully saturated rings. The van der Waals surface area contributed by atoms with Gasteiger partial charge in [0.15, 0.2) is 11.5 Å². The van der Waals surface area contributed by atoms with E-state index in [9.17, 15) is 4.21 Å². The molecule has 20 heavy (non-hydrogen) atoms. The van der Waals surface area contributed by atoms with Crippen LogP contribution in [0.2, 0.25) is 0 Å². The molecular weight excluding hydrogens is 278 g/mol. The standard InChI is InChI=1S/C14H15NO4S/c15-8-10-1-2-11(19-10)9-20(16)12-3-4-13-14(7-12)18-6-5-17-13/h1-4,7H,5-6,8-9,15H2. The fourth-order valence-electron chi connectivity index (χ4n) is 1.99. The van der Waals surface area contributed by atoms with E-state index in [0.717, 1.165) is 0 Å². The molecule has 2 N–H and O–H groups in total. The van der Waals surface area contributed by atoms with E-state index in [4.69, 9.17) is 19.6 Å². The largest absolute Gasteiger partial charge is 0.486 e. The molecule has 0 aliphatic carbocycles. The monoisotopic (exact) mass is 293 g/mol. The lowest BCUT2D eigenvalue weighted by Crippen LogP contribution is -2.15. The van der Waals surface area contributed by atoms with E-state index in [2.05, 4.69) is 0 Å². The lowest BCUT2D eigenvalue weighted by molar-refractivity contribution is 0.171. The first-order chi connectivity index (χ1) is 9.76. The van der Waals surface area contributed by atoms with Gasteiger partial charge < -0.3 is 19.6 Å². The van der Waals surface area contributed by atoms with Gasteiger partial charge in [0.05, 0.1) is 23.1 Å². The summed E-state index contributed by atoms with van der Waals surface area (Å²) in [4.78, 5) is 0.694. The van der Waals surface area contributed by atoms with Crippen LogP contribution < -0.4 is 15.2 Å².